The average Bonchev–Trinajstić information content (AvgIpc) is 3.17. The SMILES string of the molecule is CN(Cc1ccccc1F)C(=O)CN1CCC[C@H]1c1ccc2c(c1)OCCO2. The second-order valence-corrected chi connectivity index (χ2v) is 7.37. The quantitative estimate of drug-likeness (QED) is 0.793. The van der Waals surface area contributed by atoms with Gasteiger partial charge in [-0.2, -0.15) is 0 Å². The zero-order valence-corrected chi connectivity index (χ0v) is 16.1. The molecule has 148 valence electrons. The van der Waals surface area contributed by atoms with Gasteiger partial charge in [0.25, 0.3) is 0 Å². The van der Waals surface area contributed by atoms with Crippen molar-refractivity contribution < 1.29 is 18.7 Å². The summed E-state index contributed by atoms with van der Waals surface area (Å²) in [5.41, 5.74) is 1.68. The number of carbonyl (C=O) groups is 1. The molecule has 0 aromatic heterocycles. The van der Waals surface area contributed by atoms with Crippen LogP contribution in [-0.2, 0) is 11.3 Å². The van der Waals surface area contributed by atoms with Crippen LogP contribution in [0.1, 0.15) is 30.0 Å². The van der Waals surface area contributed by atoms with Gasteiger partial charge in [-0.3, -0.25) is 9.69 Å². The van der Waals surface area contributed by atoms with Crippen LogP contribution in [0.25, 0.3) is 0 Å². The molecule has 2 aromatic rings. The number of fused-ring (bicyclic) bond motifs is 1. The highest BCUT2D eigenvalue weighted by Crippen LogP contribution is 2.37. The Morgan fingerprint density at radius 2 is 1.96 bits per heavy atom. The Bertz CT molecular complexity index is 857. The first-order chi connectivity index (χ1) is 13.6. The molecule has 0 N–H and O–H groups in total. The molecule has 1 amide bonds. The Hall–Kier alpha value is -2.60. The summed E-state index contributed by atoms with van der Waals surface area (Å²) in [4.78, 5) is 16.5. The first-order valence-corrected chi connectivity index (χ1v) is 9.73. The van der Waals surface area contributed by atoms with Crippen LogP contribution in [0.4, 0.5) is 4.39 Å². The number of nitrogens with zero attached hydrogens (tertiary/aromatic N) is 2. The number of halogens is 1. The average molecular weight is 384 g/mol. The number of likely N-dealkylation sites (N-methyl/N-ethyl adjacent to an activating group) is 1. The molecule has 0 aliphatic carbocycles. The number of hydrogen-bond acceptors (Lipinski definition) is 4. The predicted molar refractivity (Wildman–Crippen MR) is 104 cm³/mol. The van der Waals surface area contributed by atoms with Crippen LogP contribution >= 0.6 is 0 Å². The molecule has 2 aliphatic heterocycles. The minimum absolute atomic E-state index is 0.00676. The van der Waals surface area contributed by atoms with E-state index in [-0.39, 0.29) is 24.3 Å². The zero-order chi connectivity index (χ0) is 19.5. The zero-order valence-electron chi connectivity index (χ0n) is 16.1. The van der Waals surface area contributed by atoms with Crippen molar-refractivity contribution in [3.8, 4) is 11.5 Å². The molecule has 2 aliphatic rings. The molecule has 6 heteroatoms. The van der Waals surface area contributed by atoms with Crippen molar-refractivity contribution in [2.24, 2.45) is 0 Å². The summed E-state index contributed by atoms with van der Waals surface area (Å²) in [6, 6.07) is 12.8. The van der Waals surface area contributed by atoms with Crippen LogP contribution in [0.5, 0.6) is 11.5 Å². The normalized spacial score (nSPS) is 18.9. The number of rotatable bonds is 5. The maximum atomic E-state index is 13.9. The van der Waals surface area contributed by atoms with E-state index in [1.807, 2.05) is 12.1 Å². The molecule has 4 rings (SSSR count). The summed E-state index contributed by atoms with van der Waals surface area (Å²) in [6.07, 6.45) is 2.05. The lowest BCUT2D eigenvalue weighted by atomic mass is 10.0. The minimum Gasteiger partial charge on any atom is -0.486 e. The Morgan fingerprint density at radius 1 is 1.18 bits per heavy atom. The minimum atomic E-state index is -0.280. The summed E-state index contributed by atoms with van der Waals surface area (Å²) < 4.78 is 25.2. The molecule has 28 heavy (non-hydrogen) atoms. The summed E-state index contributed by atoms with van der Waals surface area (Å²) in [5, 5.41) is 0. The van der Waals surface area contributed by atoms with Crippen molar-refractivity contribution in [3.63, 3.8) is 0 Å². The molecule has 0 spiro atoms. The molecule has 5 nitrogen and oxygen atoms in total. The van der Waals surface area contributed by atoms with E-state index >= 15 is 0 Å². The highest BCUT2D eigenvalue weighted by atomic mass is 19.1. The van der Waals surface area contributed by atoms with E-state index in [9.17, 15) is 9.18 Å². The third-order valence-corrected chi connectivity index (χ3v) is 5.44. The van der Waals surface area contributed by atoms with Crippen LogP contribution < -0.4 is 9.47 Å². The van der Waals surface area contributed by atoms with Crippen molar-refractivity contribution in [3.05, 3.63) is 59.4 Å². The fourth-order valence-corrected chi connectivity index (χ4v) is 3.92. The van der Waals surface area contributed by atoms with Gasteiger partial charge >= 0.3 is 0 Å². The number of amides is 1. The molecule has 1 saturated heterocycles. The summed E-state index contributed by atoms with van der Waals surface area (Å²) in [7, 11) is 1.73. The second-order valence-electron chi connectivity index (χ2n) is 7.37. The molecule has 0 unspecified atom stereocenters. The monoisotopic (exact) mass is 384 g/mol. The van der Waals surface area contributed by atoms with Crippen molar-refractivity contribution in [2.45, 2.75) is 25.4 Å². The lowest BCUT2D eigenvalue weighted by Gasteiger charge is -2.28. The van der Waals surface area contributed by atoms with Gasteiger partial charge in [0, 0.05) is 25.2 Å². The number of ether oxygens (including phenoxy) is 2. The van der Waals surface area contributed by atoms with E-state index in [4.69, 9.17) is 9.47 Å². The van der Waals surface area contributed by atoms with Gasteiger partial charge < -0.3 is 14.4 Å². The van der Waals surface area contributed by atoms with E-state index in [1.54, 1.807) is 30.1 Å². The number of benzene rings is 2. The first-order valence-electron chi connectivity index (χ1n) is 9.73. The molecule has 0 radical (unpaired) electrons. The van der Waals surface area contributed by atoms with Gasteiger partial charge in [-0.1, -0.05) is 24.3 Å². The van der Waals surface area contributed by atoms with E-state index in [1.165, 1.54) is 6.07 Å². The van der Waals surface area contributed by atoms with Crippen molar-refractivity contribution in [1.29, 1.82) is 0 Å². The number of likely N-dealkylation sites (tertiary alicyclic amines) is 1. The van der Waals surface area contributed by atoms with Gasteiger partial charge in [0.15, 0.2) is 11.5 Å². The van der Waals surface area contributed by atoms with E-state index < -0.39 is 0 Å². The third-order valence-electron chi connectivity index (χ3n) is 5.44. The van der Waals surface area contributed by atoms with Gasteiger partial charge in [-0.05, 0) is 43.1 Å². The number of carbonyl (C=O) groups excluding carboxylic acids is 1. The molecule has 1 fully saturated rings. The van der Waals surface area contributed by atoms with Crippen LogP contribution in [0.2, 0.25) is 0 Å². The van der Waals surface area contributed by atoms with E-state index in [0.717, 1.165) is 36.4 Å². The fraction of sp³-hybridized carbons (Fsp3) is 0.409. The fourth-order valence-electron chi connectivity index (χ4n) is 3.92. The van der Waals surface area contributed by atoms with Crippen molar-refractivity contribution in [2.75, 3.05) is 33.4 Å². The molecule has 0 bridgehead atoms. The van der Waals surface area contributed by atoms with Crippen LogP contribution in [0, 0.1) is 5.82 Å². The summed E-state index contributed by atoms with van der Waals surface area (Å²) in [6.45, 7) is 2.60. The van der Waals surface area contributed by atoms with Crippen LogP contribution in [0.15, 0.2) is 42.5 Å². The topological polar surface area (TPSA) is 42.0 Å². The Morgan fingerprint density at radius 3 is 2.79 bits per heavy atom. The number of hydrogen-bond donors (Lipinski definition) is 0. The lowest BCUT2D eigenvalue weighted by Crippen LogP contribution is -2.38. The molecule has 2 heterocycles. The van der Waals surface area contributed by atoms with Crippen molar-refractivity contribution >= 4 is 5.91 Å². The van der Waals surface area contributed by atoms with Crippen molar-refractivity contribution in [1.82, 2.24) is 9.80 Å². The van der Waals surface area contributed by atoms with Gasteiger partial charge in [0.05, 0.1) is 6.54 Å². The molecular weight excluding hydrogens is 359 g/mol. The van der Waals surface area contributed by atoms with Gasteiger partial charge in [-0.25, -0.2) is 4.39 Å². The summed E-state index contributed by atoms with van der Waals surface area (Å²) in [5.74, 6) is 1.27. The predicted octanol–water partition coefficient (Wildman–Crippen LogP) is 3.39. The smallest absolute Gasteiger partial charge is 0.236 e. The molecule has 2 aromatic carbocycles. The molecule has 0 saturated carbocycles. The van der Waals surface area contributed by atoms with Gasteiger partial charge in [0.2, 0.25) is 5.91 Å². The highest BCUT2D eigenvalue weighted by Gasteiger charge is 2.29. The van der Waals surface area contributed by atoms with E-state index in [0.29, 0.717) is 25.3 Å². The van der Waals surface area contributed by atoms with Crippen LogP contribution in [-0.4, -0.2) is 49.1 Å². The Kier molecular flexibility index (Phi) is 5.48. The highest BCUT2D eigenvalue weighted by molar-refractivity contribution is 5.78. The van der Waals surface area contributed by atoms with E-state index in [2.05, 4.69) is 11.0 Å². The third kappa shape index (κ3) is 3.97. The van der Waals surface area contributed by atoms with Crippen LogP contribution in [0.3, 0.4) is 0 Å². The second kappa shape index (κ2) is 8.19. The standard InChI is InChI=1S/C22H25FN2O3/c1-24(14-17-5-2-3-6-18(17)23)22(26)15-25-10-4-7-19(25)16-8-9-20-21(13-16)28-12-11-27-20/h2-3,5-6,8-9,13,19H,4,7,10-12,14-15H2,1H3/t19-/m0/s1. The largest absolute Gasteiger partial charge is 0.486 e. The van der Waals surface area contributed by atoms with Gasteiger partial charge in [0.1, 0.15) is 19.0 Å². The van der Waals surface area contributed by atoms with Gasteiger partial charge in [-0.15, -0.1) is 0 Å². The first kappa shape index (κ1) is 18.7. The maximum absolute atomic E-state index is 13.9. The molecule has 1 atom stereocenters. The summed E-state index contributed by atoms with van der Waals surface area (Å²) >= 11 is 0. The lowest BCUT2D eigenvalue weighted by molar-refractivity contribution is -0.131. The molecular formula is C22H25FN2O3. The Labute approximate surface area is 164 Å². The Balaban J connectivity index is 1.42. The maximum Gasteiger partial charge on any atom is 0.236 e.